The molecule has 2 N–H and O–H groups in total. The fourth-order valence-electron chi connectivity index (χ4n) is 2.58. The zero-order valence-electron chi connectivity index (χ0n) is 10.0. The van der Waals surface area contributed by atoms with Crippen LogP contribution in [0.5, 0.6) is 17.2 Å². The van der Waals surface area contributed by atoms with Gasteiger partial charge in [-0.15, -0.1) is 0 Å². The van der Waals surface area contributed by atoms with Gasteiger partial charge in [0.05, 0.1) is 5.02 Å². The average molecular weight is 270 g/mol. The summed E-state index contributed by atoms with van der Waals surface area (Å²) < 4.78 is 11.2. The van der Waals surface area contributed by atoms with E-state index in [2.05, 4.69) is 5.32 Å². The molecule has 1 atom stereocenters. The minimum Gasteiger partial charge on any atom is -0.506 e. The topological polar surface area (TPSA) is 50.7 Å². The van der Waals surface area contributed by atoms with E-state index in [1.807, 2.05) is 0 Å². The van der Waals surface area contributed by atoms with Crippen LogP contribution in [0.15, 0.2) is 6.07 Å². The first-order valence-corrected chi connectivity index (χ1v) is 6.67. The molecule has 1 aromatic carbocycles. The predicted octanol–water partition coefficient (Wildman–Crippen LogP) is 2.11. The lowest BCUT2D eigenvalue weighted by atomic mass is 10.0. The molecule has 0 bridgehead atoms. The summed E-state index contributed by atoms with van der Waals surface area (Å²) in [5.41, 5.74) is 0.761. The average Bonchev–Trinajstić information content (AvgIpc) is 2.88. The molecule has 3 rings (SSSR count). The molecule has 98 valence electrons. The summed E-state index contributed by atoms with van der Waals surface area (Å²) in [4.78, 5) is 0. The Labute approximate surface area is 111 Å². The molecule has 1 unspecified atom stereocenters. The van der Waals surface area contributed by atoms with Crippen molar-refractivity contribution in [2.75, 3.05) is 19.8 Å². The standard InChI is InChI=1S/C13H16ClNO3/c14-10-7-11-13(18-5-4-17-11)9(12(10)16)6-8-2-1-3-15-8/h7-8,15-16H,1-6H2. The molecule has 1 saturated heterocycles. The summed E-state index contributed by atoms with van der Waals surface area (Å²) in [6.45, 7) is 2.07. The van der Waals surface area contributed by atoms with E-state index in [4.69, 9.17) is 21.1 Å². The second-order valence-corrected chi connectivity index (χ2v) is 5.11. The summed E-state index contributed by atoms with van der Waals surface area (Å²) in [7, 11) is 0. The number of halogens is 1. The van der Waals surface area contributed by atoms with Gasteiger partial charge in [0.25, 0.3) is 0 Å². The Morgan fingerprint density at radius 3 is 3.00 bits per heavy atom. The van der Waals surface area contributed by atoms with Gasteiger partial charge >= 0.3 is 0 Å². The maximum Gasteiger partial charge on any atom is 0.168 e. The molecule has 2 aliphatic rings. The fraction of sp³-hybridized carbons (Fsp3) is 0.538. The third-order valence-electron chi connectivity index (χ3n) is 3.47. The van der Waals surface area contributed by atoms with E-state index in [-0.39, 0.29) is 5.75 Å². The second-order valence-electron chi connectivity index (χ2n) is 4.71. The molecule has 2 aliphatic heterocycles. The monoisotopic (exact) mass is 269 g/mol. The number of rotatable bonds is 2. The van der Waals surface area contributed by atoms with E-state index in [0.29, 0.717) is 35.8 Å². The maximum atomic E-state index is 10.1. The lowest BCUT2D eigenvalue weighted by Gasteiger charge is -2.23. The van der Waals surface area contributed by atoms with E-state index in [1.165, 1.54) is 6.42 Å². The summed E-state index contributed by atoms with van der Waals surface area (Å²) in [6, 6.07) is 2.00. The van der Waals surface area contributed by atoms with Gasteiger partial charge in [-0.25, -0.2) is 0 Å². The Balaban J connectivity index is 1.97. The summed E-state index contributed by atoms with van der Waals surface area (Å²) >= 11 is 6.03. The van der Waals surface area contributed by atoms with Crippen molar-refractivity contribution in [2.45, 2.75) is 25.3 Å². The zero-order valence-corrected chi connectivity index (χ0v) is 10.8. The fourth-order valence-corrected chi connectivity index (χ4v) is 2.79. The summed E-state index contributed by atoms with van der Waals surface area (Å²) in [5.74, 6) is 1.41. The van der Waals surface area contributed by atoms with Crippen molar-refractivity contribution >= 4 is 11.6 Å². The van der Waals surface area contributed by atoms with Crippen LogP contribution in [-0.4, -0.2) is 30.9 Å². The number of fused-ring (bicyclic) bond motifs is 1. The van der Waals surface area contributed by atoms with Crippen LogP contribution < -0.4 is 14.8 Å². The quantitative estimate of drug-likeness (QED) is 0.863. The van der Waals surface area contributed by atoms with Crippen LogP contribution in [-0.2, 0) is 6.42 Å². The smallest absolute Gasteiger partial charge is 0.168 e. The molecule has 0 saturated carbocycles. The van der Waals surface area contributed by atoms with Gasteiger partial charge in [0.2, 0.25) is 0 Å². The SMILES string of the molecule is Oc1c(Cl)cc2c(c1CC1CCCN1)OCCO2. The first-order valence-electron chi connectivity index (χ1n) is 6.29. The van der Waals surface area contributed by atoms with Crippen molar-refractivity contribution < 1.29 is 14.6 Å². The van der Waals surface area contributed by atoms with Crippen LogP contribution in [0.25, 0.3) is 0 Å². The first kappa shape index (κ1) is 11.9. The molecule has 0 radical (unpaired) electrons. The Bertz CT molecular complexity index is 458. The van der Waals surface area contributed by atoms with Crippen molar-refractivity contribution in [1.82, 2.24) is 5.32 Å². The Kier molecular flexibility index (Phi) is 3.22. The largest absolute Gasteiger partial charge is 0.506 e. The molecule has 0 amide bonds. The van der Waals surface area contributed by atoms with Crippen molar-refractivity contribution in [1.29, 1.82) is 0 Å². The lowest BCUT2D eigenvalue weighted by molar-refractivity contribution is 0.168. The van der Waals surface area contributed by atoms with Crippen LogP contribution in [0.2, 0.25) is 5.02 Å². The van der Waals surface area contributed by atoms with Gasteiger partial charge in [-0.3, -0.25) is 0 Å². The van der Waals surface area contributed by atoms with Crippen molar-refractivity contribution in [3.63, 3.8) is 0 Å². The van der Waals surface area contributed by atoms with E-state index >= 15 is 0 Å². The van der Waals surface area contributed by atoms with Gasteiger partial charge in [0, 0.05) is 17.7 Å². The molecule has 4 nitrogen and oxygen atoms in total. The predicted molar refractivity (Wildman–Crippen MR) is 68.8 cm³/mol. The molecular weight excluding hydrogens is 254 g/mol. The van der Waals surface area contributed by atoms with Gasteiger partial charge in [-0.05, 0) is 25.8 Å². The van der Waals surface area contributed by atoms with Gasteiger partial charge in [0.1, 0.15) is 19.0 Å². The van der Waals surface area contributed by atoms with Crippen LogP contribution in [0, 0.1) is 0 Å². The number of nitrogens with one attached hydrogen (secondary N) is 1. The second kappa shape index (κ2) is 4.86. The number of phenolic OH excluding ortho intramolecular Hbond substituents is 1. The Morgan fingerprint density at radius 2 is 2.22 bits per heavy atom. The number of ether oxygens (including phenoxy) is 2. The van der Waals surface area contributed by atoms with Gasteiger partial charge < -0.3 is 19.9 Å². The van der Waals surface area contributed by atoms with Crippen molar-refractivity contribution in [2.24, 2.45) is 0 Å². The van der Waals surface area contributed by atoms with Gasteiger partial charge in [-0.1, -0.05) is 11.6 Å². The van der Waals surface area contributed by atoms with E-state index < -0.39 is 0 Å². The highest BCUT2D eigenvalue weighted by atomic mass is 35.5. The summed E-state index contributed by atoms with van der Waals surface area (Å²) in [6.07, 6.45) is 3.01. The molecule has 1 fully saturated rings. The lowest BCUT2D eigenvalue weighted by Crippen LogP contribution is -2.25. The zero-order chi connectivity index (χ0) is 12.5. The van der Waals surface area contributed by atoms with Crippen LogP contribution >= 0.6 is 11.6 Å². The number of phenols is 1. The van der Waals surface area contributed by atoms with Gasteiger partial charge in [-0.2, -0.15) is 0 Å². The van der Waals surface area contributed by atoms with Crippen LogP contribution in [0.4, 0.5) is 0 Å². The molecule has 0 spiro atoms. The third-order valence-corrected chi connectivity index (χ3v) is 3.76. The maximum absolute atomic E-state index is 10.1. The van der Waals surface area contributed by atoms with E-state index in [0.717, 1.165) is 24.9 Å². The highest BCUT2D eigenvalue weighted by Gasteiger charge is 2.25. The number of hydrogen-bond donors (Lipinski definition) is 2. The minimum atomic E-state index is 0.120. The van der Waals surface area contributed by atoms with Crippen LogP contribution in [0.1, 0.15) is 18.4 Å². The number of aromatic hydroxyl groups is 1. The number of benzene rings is 1. The molecule has 2 heterocycles. The molecule has 1 aromatic rings. The molecular formula is C13H16ClNO3. The Hall–Kier alpha value is -1.13. The van der Waals surface area contributed by atoms with Crippen molar-refractivity contribution in [3.05, 3.63) is 16.7 Å². The summed E-state index contributed by atoms with van der Waals surface area (Å²) in [5, 5.41) is 13.9. The van der Waals surface area contributed by atoms with E-state index in [9.17, 15) is 5.11 Å². The molecule has 18 heavy (non-hydrogen) atoms. The minimum absolute atomic E-state index is 0.120. The molecule has 0 aliphatic carbocycles. The molecule has 5 heteroatoms. The van der Waals surface area contributed by atoms with Gasteiger partial charge in [0.15, 0.2) is 11.5 Å². The van der Waals surface area contributed by atoms with Crippen molar-refractivity contribution in [3.8, 4) is 17.2 Å². The molecule has 0 aromatic heterocycles. The normalized spacial score (nSPS) is 22.2. The highest BCUT2D eigenvalue weighted by Crippen LogP contribution is 2.44. The highest BCUT2D eigenvalue weighted by molar-refractivity contribution is 6.32. The third kappa shape index (κ3) is 2.10. The number of hydrogen-bond acceptors (Lipinski definition) is 4. The Morgan fingerprint density at radius 1 is 1.39 bits per heavy atom. The van der Waals surface area contributed by atoms with Crippen LogP contribution in [0.3, 0.4) is 0 Å². The first-order chi connectivity index (χ1) is 8.75. The van der Waals surface area contributed by atoms with E-state index in [1.54, 1.807) is 6.07 Å².